The lowest BCUT2D eigenvalue weighted by Gasteiger charge is -2.38. The Morgan fingerprint density at radius 2 is 2.00 bits per heavy atom. The van der Waals surface area contributed by atoms with E-state index in [2.05, 4.69) is 51.3 Å². The van der Waals surface area contributed by atoms with Gasteiger partial charge >= 0.3 is 0 Å². The van der Waals surface area contributed by atoms with Gasteiger partial charge in [-0.25, -0.2) is 0 Å². The van der Waals surface area contributed by atoms with Crippen molar-refractivity contribution in [1.82, 2.24) is 20.0 Å². The maximum atomic E-state index is 13.3. The highest BCUT2D eigenvalue weighted by Gasteiger charge is 2.35. The van der Waals surface area contributed by atoms with Gasteiger partial charge < -0.3 is 4.90 Å². The Labute approximate surface area is 154 Å². The number of hydrogen-bond acceptors (Lipinski definition) is 3. The Morgan fingerprint density at radius 3 is 2.77 bits per heavy atom. The molecule has 1 fully saturated rings. The van der Waals surface area contributed by atoms with Crippen molar-refractivity contribution in [3.05, 3.63) is 52.3 Å². The molecule has 0 spiro atoms. The highest BCUT2D eigenvalue weighted by atomic mass is 16.2. The van der Waals surface area contributed by atoms with Crippen LogP contribution in [0.5, 0.6) is 0 Å². The molecule has 1 aliphatic carbocycles. The summed E-state index contributed by atoms with van der Waals surface area (Å²) >= 11 is 0. The molecule has 1 aromatic carbocycles. The number of carbonyl (C=O) groups is 1. The number of rotatable bonds is 2. The molecule has 5 heteroatoms. The largest absolute Gasteiger partial charge is 0.336 e. The standard InChI is InChI=1S/C21H26N4O/c1-24-12-16-6-3-2-5-15(16)11-19(24)21(26)25-10-9-18-17(13-25)20(23-22-18)14-7-4-8-14/h2-3,5-6,14,19H,4,7-13H2,1H3,(H,22,23)/t19-/m1/s1. The van der Waals surface area contributed by atoms with E-state index in [0.717, 1.165) is 32.5 Å². The minimum absolute atomic E-state index is 0.0505. The fourth-order valence-corrected chi connectivity index (χ4v) is 4.67. The number of carbonyl (C=O) groups excluding carboxylic acids is 1. The van der Waals surface area contributed by atoms with E-state index in [-0.39, 0.29) is 11.9 Å². The molecule has 1 saturated carbocycles. The van der Waals surface area contributed by atoms with Gasteiger partial charge in [-0.15, -0.1) is 0 Å². The molecular weight excluding hydrogens is 324 g/mol. The van der Waals surface area contributed by atoms with Gasteiger partial charge in [-0.2, -0.15) is 5.10 Å². The molecule has 1 aromatic heterocycles. The van der Waals surface area contributed by atoms with Crippen molar-refractivity contribution >= 4 is 5.91 Å². The van der Waals surface area contributed by atoms with Crippen molar-refractivity contribution < 1.29 is 4.79 Å². The normalized spacial score (nSPS) is 23.3. The Bertz CT molecular complexity index is 838. The number of H-pyrrole nitrogens is 1. The van der Waals surface area contributed by atoms with Gasteiger partial charge in [0.15, 0.2) is 0 Å². The summed E-state index contributed by atoms with van der Waals surface area (Å²) in [5.41, 5.74) is 6.44. The minimum Gasteiger partial charge on any atom is -0.336 e. The summed E-state index contributed by atoms with van der Waals surface area (Å²) in [4.78, 5) is 17.6. The maximum Gasteiger partial charge on any atom is 0.240 e. The first-order valence-corrected chi connectivity index (χ1v) is 9.82. The van der Waals surface area contributed by atoms with Crippen LogP contribution >= 0.6 is 0 Å². The Kier molecular flexibility index (Phi) is 3.85. The van der Waals surface area contributed by atoms with E-state index in [1.165, 1.54) is 47.3 Å². The molecular formula is C21H26N4O. The quantitative estimate of drug-likeness (QED) is 0.906. The molecule has 3 aliphatic rings. The summed E-state index contributed by atoms with van der Waals surface area (Å²) in [6.45, 7) is 2.37. The summed E-state index contributed by atoms with van der Waals surface area (Å²) < 4.78 is 0. The molecule has 0 radical (unpaired) electrons. The van der Waals surface area contributed by atoms with Crippen LogP contribution < -0.4 is 0 Å². The molecule has 2 aromatic rings. The lowest BCUT2D eigenvalue weighted by atomic mass is 9.80. The SMILES string of the molecule is CN1Cc2ccccc2C[C@@H]1C(=O)N1CCc2[nH]nc(C3CCC3)c2C1. The molecule has 26 heavy (non-hydrogen) atoms. The smallest absolute Gasteiger partial charge is 0.240 e. The Hall–Kier alpha value is -2.14. The fraction of sp³-hybridized carbons (Fsp3) is 0.524. The lowest BCUT2D eigenvalue weighted by molar-refractivity contribution is -0.138. The second kappa shape index (κ2) is 6.23. The molecule has 1 atom stereocenters. The number of nitrogens with one attached hydrogen (secondary N) is 1. The molecule has 1 N–H and O–H groups in total. The average Bonchev–Trinajstić information content (AvgIpc) is 3.02. The number of aromatic nitrogens is 2. The van der Waals surface area contributed by atoms with E-state index < -0.39 is 0 Å². The summed E-state index contributed by atoms with van der Waals surface area (Å²) in [5, 5.41) is 7.84. The summed E-state index contributed by atoms with van der Waals surface area (Å²) in [6.07, 6.45) is 5.51. The highest BCUT2D eigenvalue weighted by Crippen LogP contribution is 2.39. The zero-order chi connectivity index (χ0) is 17.7. The predicted molar refractivity (Wildman–Crippen MR) is 99.7 cm³/mol. The molecule has 0 unspecified atom stereocenters. The molecule has 0 saturated heterocycles. The van der Waals surface area contributed by atoms with E-state index in [1.807, 2.05) is 0 Å². The summed E-state index contributed by atoms with van der Waals surface area (Å²) in [5.74, 6) is 0.877. The molecule has 5 nitrogen and oxygen atoms in total. The van der Waals surface area contributed by atoms with E-state index in [0.29, 0.717) is 5.92 Å². The average molecular weight is 350 g/mol. The zero-order valence-corrected chi connectivity index (χ0v) is 15.4. The monoisotopic (exact) mass is 350 g/mol. The van der Waals surface area contributed by atoms with E-state index in [1.54, 1.807) is 0 Å². The molecule has 1 amide bonds. The van der Waals surface area contributed by atoms with E-state index in [9.17, 15) is 4.79 Å². The first-order chi connectivity index (χ1) is 12.7. The van der Waals surface area contributed by atoms with Crippen LogP contribution in [-0.2, 0) is 30.7 Å². The van der Waals surface area contributed by atoms with Gasteiger partial charge in [0, 0.05) is 43.2 Å². The topological polar surface area (TPSA) is 52.2 Å². The van der Waals surface area contributed by atoms with Crippen molar-refractivity contribution in [2.75, 3.05) is 13.6 Å². The zero-order valence-electron chi connectivity index (χ0n) is 15.4. The number of amides is 1. The van der Waals surface area contributed by atoms with Crippen LogP contribution in [0.1, 0.15) is 53.3 Å². The van der Waals surface area contributed by atoms with E-state index in [4.69, 9.17) is 0 Å². The van der Waals surface area contributed by atoms with Gasteiger partial charge in [0.25, 0.3) is 0 Å². The first kappa shape index (κ1) is 16.1. The van der Waals surface area contributed by atoms with Gasteiger partial charge in [-0.3, -0.25) is 14.8 Å². The number of fused-ring (bicyclic) bond motifs is 2. The molecule has 0 bridgehead atoms. The summed E-state index contributed by atoms with van der Waals surface area (Å²) in [6, 6.07) is 8.46. The van der Waals surface area contributed by atoms with Crippen molar-refractivity contribution in [2.45, 2.75) is 57.2 Å². The number of likely N-dealkylation sites (N-methyl/N-ethyl adjacent to an activating group) is 1. The molecule has 136 valence electrons. The van der Waals surface area contributed by atoms with E-state index >= 15 is 0 Å². The third-order valence-electron chi connectivity index (χ3n) is 6.54. The molecule has 2 aliphatic heterocycles. The van der Waals surface area contributed by atoms with Crippen LogP contribution in [-0.4, -0.2) is 45.5 Å². The van der Waals surface area contributed by atoms with Crippen LogP contribution in [0.4, 0.5) is 0 Å². The van der Waals surface area contributed by atoms with Gasteiger partial charge in [0.05, 0.1) is 11.7 Å². The first-order valence-electron chi connectivity index (χ1n) is 9.82. The number of hydrogen-bond donors (Lipinski definition) is 1. The van der Waals surface area contributed by atoms with Crippen LogP contribution in [0.25, 0.3) is 0 Å². The Morgan fingerprint density at radius 1 is 1.19 bits per heavy atom. The lowest BCUT2D eigenvalue weighted by Crippen LogP contribution is -2.51. The highest BCUT2D eigenvalue weighted by molar-refractivity contribution is 5.83. The molecule has 5 rings (SSSR count). The minimum atomic E-state index is -0.0505. The van der Waals surface area contributed by atoms with Gasteiger partial charge in [-0.05, 0) is 37.4 Å². The van der Waals surface area contributed by atoms with Crippen LogP contribution in [0, 0.1) is 0 Å². The number of benzene rings is 1. The Balaban J connectivity index is 1.36. The van der Waals surface area contributed by atoms with Crippen LogP contribution in [0.15, 0.2) is 24.3 Å². The fourth-order valence-electron chi connectivity index (χ4n) is 4.67. The number of nitrogens with zero attached hydrogens (tertiary/aromatic N) is 3. The predicted octanol–water partition coefficient (Wildman–Crippen LogP) is 2.62. The second-order valence-corrected chi connectivity index (χ2v) is 8.11. The van der Waals surface area contributed by atoms with Crippen molar-refractivity contribution in [2.24, 2.45) is 0 Å². The van der Waals surface area contributed by atoms with Gasteiger partial charge in [0.1, 0.15) is 0 Å². The van der Waals surface area contributed by atoms with Gasteiger partial charge in [-0.1, -0.05) is 30.7 Å². The third-order valence-corrected chi connectivity index (χ3v) is 6.54. The van der Waals surface area contributed by atoms with Crippen molar-refractivity contribution in [1.29, 1.82) is 0 Å². The van der Waals surface area contributed by atoms with Crippen molar-refractivity contribution in [3.63, 3.8) is 0 Å². The van der Waals surface area contributed by atoms with Gasteiger partial charge in [0.2, 0.25) is 5.91 Å². The van der Waals surface area contributed by atoms with Crippen LogP contribution in [0.2, 0.25) is 0 Å². The summed E-state index contributed by atoms with van der Waals surface area (Å²) in [7, 11) is 2.07. The van der Waals surface area contributed by atoms with Crippen LogP contribution in [0.3, 0.4) is 0 Å². The molecule has 3 heterocycles. The number of aromatic amines is 1. The second-order valence-electron chi connectivity index (χ2n) is 8.11. The van der Waals surface area contributed by atoms with Crippen molar-refractivity contribution in [3.8, 4) is 0 Å². The third kappa shape index (κ3) is 2.57. The maximum absolute atomic E-state index is 13.3.